The van der Waals surface area contributed by atoms with Crippen molar-refractivity contribution in [2.45, 2.75) is 6.92 Å². The minimum Gasteiger partial charge on any atom is -0.495 e. The van der Waals surface area contributed by atoms with Crippen LogP contribution >= 0.6 is 0 Å². The number of carboxylic acid groups (broad SMARTS) is 1. The van der Waals surface area contributed by atoms with E-state index in [0.29, 0.717) is 23.1 Å². The Morgan fingerprint density at radius 3 is 2.74 bits per heavy atom. The van der Waals surface area contributed by atoms with Crippen molar-refractivity contribution in [3.8, 4) is 5.75 Å². The second kappa shape index (κ2) is 5.34. The summed E-state index contributed by atoms with van der Waals surface area (Å²) in [5.41, 5.74) is 1.21. The largest absolute Gasteiger partial charge is 0.495 e. The van der Waals surface area contributed by atoms with E-state index in [1.165, 1.54) is 6.20 Å². The maximum atomic E-state index is 10.9. The first-order valence-electron chi connectivity index (χ1n) is 5.59. The van der Waals surface area contributed by atoms with Gasteiger partial charge in [-0.05, 0) is 19.1 Å². The lowest BCUT2D eigenvalue weighted by atomic mass is 10.2. The number of hydrogen-bond donors (Lipinski definition) is 2. The number of nitrogens with zero attached hydrogens (tertiary/aromatic N) is 2. The summed E-state index contributed by atoms with van der Waals surface area (Å²) in [5.74, 6) is -0.0561. The van der Waals surface area contributed by atoms with Crippen molar-refractivity contribution in [2.24, 2.45) is 0 Å². The molecule has 0 saturated heterocycles. The van der Waals surface area contributed by atoms with E-state index in [2.05, 4.69) is 15.3 Å². The lowest BCUT2D eigenvalue weighted by Gasteiger charge is -2.10. The van der Waals surface area contributed by atoms with Gasteiger partial charge in [-0.25, -0.2) is 14.8 Å². The summed E-state index contributed by atoms with van der Waals surface area (Å²) in [6, 6.07) is 7.33. The average molecular weight is 259 g/mol. The number of para-hydroxylation sites is 2. The van der Waals surface area contributed by atoms with Crippen LogP contribution in [-0.4, -0.2) is 28.2 Å². The van der Waals surface area contributed by atoms with E-state index in [1.54, 1.807) is 20.1 Å². The second-order valence-electron chi connectivity index (χ2n) is 3.82. The average Bonchev–Trinajstić information content (AvgIpc) is 2.39. The Hall–Kier alpha value is -2.63. The van der Waals surface area contributed by atoms with Crippen LogP contribution in [0.25, 0.3) is 0 Å². The summed E-state index contributed by atoms with van der Waals surface area (Å²) >= 11 is 0. The number of benzene rings is 1. The molecule has 0 fully saturated rings. The molecule has 0 atom stereocenters. The van der Waals surface area contributed by atoms with Gasteiger partial charge in [0.2, 0.25) is 5.95 Å². The quantitative estimate of drug-likeness (QED) is 0.875. The van der Waals surface area contributed by atoms with Crippen LogP contribution in [0, 0.1) is 6.92 Å². The topological polar surface area (TPSA) is 84.3 Å². The molecule has 0 amide bonds. The highest BCUT2D eigenvalue weighted by atomic mass is 16.5. The van der Waals surface area contributed by atoms with E-state index in [-0.39, 0.29) is 5.56 Å². The van der Waals surface area contributed by atoms with Crippen molar-refractivity contribution < 1.29 is 14.6 Å². The van der Waals surface area contributed by atoms with Crippen molar-refractivity contribution >= 4 is 17.6 Å². The Balaban J connectivity index is 2.29. The molecular formula is C13H13N3O3. The van der Waals surface area contributed by atoms with Crippen molar-refractivity contribution in [3.63, 3.8) is 0 Å². The lowest BCUT2D eigenvalue weighted by Crippen LogP contribution is -2.06. The Labute approximate surface area is 110 Å². The van der Waals surface area contributed by atoms with Crippen LogP contribution < -0.4 is 10.1 Å². The Morgan fingerprint density at radius 1 is 1.37 bits per heavy atom. The molecule has 98 valence electrons. The first-order chi connectivity index (χ1) is 9.11. The van der Waals surface area contributed by atoms with Crippen molar-refractivity contribution in [1.82, 2.24) is 9.97 Å². The number of aromatic nitrogens is 2. The number of aryl methyl sites for hydroxylation is 1. The van der Waals surface area contributed by atoms with Gasteiger partial charge in [0.25, 0.3) is 0 Å². The number of rotatable bonds is 4. The summed E-state index contributed by atoms with van der Waals surface area (Å²) in [6.45, 7) is 1.62. The van der Waals surface area contributed by atoms with Crippen LogP contribution in [0.5, 0.6) is 5.75 Å². The molecule has 0 spiro atoms. The van der Waals surface area contributed by atoms with Crippen molar-refractivity contribution in [3.05, 3.63) is 41.7 Å². The highest BCUT2D eigenvalue weighted by Gasteiger charge is 2.10. The van der Waals surface area contributed by atoms with E-state index in [4.69, 9.17) is 9.84 Å². The van der Waals surface area contributed by atoms with Crippen molar-refractivity contribution in [1.29, 1.82) is 0 Å². The van der Waals surface area contributed by atoms with Crippen LogP contribution in [0.1, 0.15) is 16.1 Å². The van der Waals surface area contributed by atoms with Crippen LogP contribution in [0.3, 0.4) is 0 Å². The molecule has 0 unspecified atom stereocenters. The van der Waals surface area contributed by atoms with Gasteiger partial charge in [0.15, 0.2) is 0 Å². The number of nitrogens with one attached hydrogen (secondary N) is 1. The zero-order chi connectivity index (χ0) is 13.8. The number of ether oxygens (including phenoxy) is 1. The highest BCUT2D eigenvalue weighted by Crippen LogP contribution is 2.25. The second-order valence-corrected chi connectivity index (χ2v) is 3.82. The number of aromatic carboxylic acids is 1. The summed E-state index contributed by atoms with van der Waals surface area (Å²) in [4.78, 5) is 19.0. The number of carboxylic acids is 1. The van der Waals surface area contributed by atoms with Gasteiger partial charge in [-0.2, -0.15) is 0 Å². The normalized spacial score (nSPS) is 10.0. The summed E-state index contributed by atoms with van der Waals surface area (Å²) in [5, 5.41) is 11.9. The fraction of sp³-hybridized carbons (Fsp3) is 0.154. The molecule has 0 aliphatic heterocycles. The summed E-state index contributed by atoms with van der Waals surface area (Å²) in [6.07, 6.45) is 1.28. The van der Waals surface area contributed by atoms with Gasteiger partial charge in [-0.1, -0.05) is 12.1 Å². The van der Waals surface area contributed by atoms with Gasteiger partial charge in [-0.3, -0.25) is 0 Å². The predicted octanol–water partition coefficient (Wildman–Crippen LogP) is 2.24. The van der Waals surface area contributed by atoms with Gasteiger partial charge in [0.05, 0.1) is 24.1 Å². The zero-order valence-corrected chi connectivity index (χ0v) is 10.5. The molecule has 0 aliphatic rings. The molecular weight excluding hydrogens is 246 g/mol. The number of methoxy groups -OCH3 is 1. The number of anilines is 2. The molecule has 6 nitrogen and oxygen atoms in total. The van der Waals surface area contributed by atoms with E-state index in [9.17, 15) is 4.79 Å². The summed E-state index contributed by atoms with van der Waals surface area (Å²) in [7, 11) is 1.57. The third-order valence-corrected chi connectivity index (χ3v) is 2.56. The Morgan fingerprint density at radius 2 is 2.11 bits per heavy atom. The fourth-order valence-electron chi connectivity index (χ4n) is 1.61. The van der Waals surface area contributed by atoms with E-state index in [0.717, 1.165) is 0 Å². The van der Waals surface area contributed by atoms with E-state index < -0.39 is 5.97 Å². The maximum absolute atomic E-state index is 10.9. The van der Waals surface area contributed by atoms with Gasteiger partial charge < -0.3 is 15.2 Å². The third-order valence-electron chi connectivity index (χ3n) is 2.56. The van der Waals surface area contributed by atoms with Gasteiger partial charge in [0.1, 0.15) is 5.75 Å². The zero-order valence-electron chi connectivity index (χ0n) is 10.5. The molecule has 1 heterocycles. The standard InChI is InChI=1S/C13H13N3O3/c1-8-9(12(17)18)7-14-13(15-8)16-10-5-3-4-6-11(10)19-2/h3-7H,1-2H3,(H,17,18)(H,14,15,16). The Kier molecular flexibility index (Phi) is 3.61. The van der Waals surface area contributed by atoms with Crippen LogP contribution in [0.15, 0.2) is 30.5 Å². The summed E-state index contributed by atoms with van der Waals surface area (Å²) < 4.78 is 5.20. The van der Waals surface area contributed by atoms with Crippen molar-refractivity contribution in [2.75, 3.05) is 12.4 Å². The van der Waals surface area contributed by atoms with Crippen LogP contribution in [0.4, 0.5) is 11.6 Å². The monoisotopic (exact) mass is 259 g/mol. The molecule has 0 aliphatic carbocycles. The van der Waals surface area contributed by atoms with E-state index >= 15 is 0 Å². The highest BCUT2D eigenvalue weighted by molar-refractivity contribution is 5.88. The Bertz CT molecular complexity index is 614. The smallest absolute Gasteiger partial charge is 0.339 e. The number of hydrogen-bond acceptors (Lipinski definition) is 5. The molecule has 2 rings (SSSR count). The first kappa shape index (κ1) is 12.8. The molecule has 0 saturated carbocycles. The SMILES string of the molecule is COc1ccccc1Nc1ncc(C(=O)O)c(C)n1. The molecule has 1 aromatic carbocycles. The molecule has 0 radical (unpaired) electrons. The molecule has 1 aromatic heterocycles. The molecule has 6 heteroatoms. The lowest BCUT2D eigenvalue weighted by molar-refractivity contribution is 0.0695. The van der Waals surface area contributed by atoms with Crippen LogP contribution in [0.2, 0.25) is 0 Å². The molecule has 0 bridgehead atoms. The molecule has 2 aromatic rings. The molecule has 2 N–H and O–H groups in total. The first-order valence-corrected chi connectivity index (χ1v) is 5.59. The number of carbonyl (C=O) groups is 1. The van der Waals surface area contributed by atoms with Gasteiger partial charge in [-0.15, -0.1) is 0 Å². The fourth-order valence-corrected chi connectivity index (χ4v) is 1.61. The van der Waals surface area contributed by atoms with Gasteiger partial charge >= 0.3 is 5.97 Å². The minimum atomic E-state index is -1.04. The van der Waals surface area contributed by atoms with E-state index in [1.807, 2.05) is 18.2 Å². The maximum Gasteiger partial charge on any atom is 0.339 e. The minimum absolute atomic E-state index is 0.0885. The molecule has 19 heavy (non-hydrogen) atoms. The van der Waals surface area contributed by atoms with Crippen LogP contribution in [-0.2, 0) is 0 Å². The third kappa shape index (κ3) is 2.79. The van der Waals surface area contributed by atoms with Gasteiger partial charge in [0, 0.05) is 6.20 Å². The predicted molar refractivity (Wildman–Crippen MR) is 70.0 cm³/mol.